The molecule has 0 saturated heterocycles. The topological polar surface area (TPSA) is 68.3 Å². The maximum absolute atomic E-state index is 11.5. The second kappa shape index (κ2) is 4.95. The SMILES string of the molecule is Cc1c(C=O)ccnc1NC(=O)OC(C)(C)C. The first-order valence-electron chi connectivity index (χ1n) is 5.24. The van der Waals surface area contributed by atoms with E-state index < -0.39 is 11.7 Å². The van der Waals surface area contributed by atoms with Crippen LogP contribution in [-0.2, 0) is 4.74 Å². The van der Waals surface area contributed by atoms with Gasteiger partial charge in [-0.1, -0.05) is 0 Å². The Morgan fingerprint density at radius 3 is 2.65 bits per heavy atom. The highest BCUT2D eigenvalue weighted by Gasteiger charge is 2.17. The van der Waals surface area contributed by atoms with E-state index in [9.17, 15) is 9.59 Å². The Kier molecular flexibility index (Phi) is 3.83. The van der Waals surface area contributed by atoms with Gasteiger partial charge in [0, 0.05) is 17.3 Å². The van der Waals surface area contributed by atoms with Crippen LogP contribution in [-0.4, -0.2) is 23.0 Å². The lowest BCUT2D eigenvalue weighted by Gasteiger charge is -2.19. The van der Waals surface area contributed by atoms with Gasteiger partial charge in [0.05, 0.1) is 0 Å². The van der Waals surface area contributed by atoms with E-state index in [0.717, 1.165) is 6.29 Å². The number of carbonyl (C=O) groups is 2. The van der Waals surface area contributed by atoms with Crippen LogP contribution in [0.3, 0.4) is 0 Å². The third-order valence-corrected chi connectivity index (χ3v) is 1.99. The molecule has 5 nitrogen and oxygen atoms in total. The zero-order valence-corrected chi connectivity index (χ0v) is 10.4. The molecule has 0 unspecified atom stereocenters. The Morgan fingerprint density at radius 1 is 1.47 bits per heavy atom. The van der Waals surface area contributed by atoms with Gasteiger partial charge in [-0.05, 0) is 33.8 Å². The number of aldehydes is 1. The molecule has 1 rings (SSSR count). The number of hydrogen-bond acceptors (Lipinski definition) is 4. The van der Waals surface area contributed by atoms with Gasteiger partial charge in [0.2, 0.25) is 0 Å². The van der Waals surface area contributed by atoms with Gasteiger partial charge in [-0.15, -0.1) is 0 Å². The third-order valence-electron chi connectivity index (χ3n) is 1.99. The number of anilines is 1. The van der Waals surface area contributed by atoms with E-state index in [1.807, 2.05) is 0 Å². The van der Waals surface area contributed by atoms with Crippen LogP contribution in [0.2, 0.25) is 0 Å². The molecule has 1 N–H and O–H groups in total. The first kappa shape index (κ1) is 13.2. The molecule has 0 saturated carbocycles. The van der Waals surface area contributed by atoms with Crippen LogP contribution in [0.15, 0.2) is 12.3 Å². The number of carbonyl (C=O) groups excluding carboxylic acids is 2. The summed E-state index contributed by atoms with van der Waals surface area (Å²) in [6.07, 6.45) is 1.59. The minimum Gasteiger partial charge on any atom is -0.444 e. The van der Waals surface area contributed by atoms with Gasteiger partial charge in [-0.25, -0.2) is 9.78 Å². The van der Waals surface area contributed by atoms with Gasteiger partial charge in [0.25, 0.3) is 0 Å². The van der Waals surface area contributed by atoms with Crippen molar-refractivity contribution in [2.24, 2.45) is 0 Å². The van der Waals surface area contributed by atoms with Gasteiger partial charge in [0.15, 0.2) is 6.29 Å². The Balaban J connectivity index is 2.82. The van der Waals surface area contributed by atoms with Gasteiger partial charge in [-0.2, -0.15) is 0 Å². The molecule has 5 heteroatoms. The molecular formula is C12H16N2O3. The number of ether oxygens (including phenoxy) is 1. The average Bonchev–Trinajstić information content (AvgIpc) is 2.18. The maximum Gasteiger partial charge on any atom is 0.413 e. The number of hydrogen-bond donors (Lipinski definition) is 1. The van der Waals surface area contributed by atoms with Crippen LogP contribution < -0.4 is 5.32 Å². The number of amides is 1. The molecule has 1 heterocycles. The van der Waals surface area contributed by atoms with Crippen LogP contribution in [0.25, 0.3) is 0 Å². The Hall–Kier alpha value is -1.91. The smallest absolute Gasteiger partial charge is 0.413 e. The van der Waals surface area contributed by atoms with Crippen molar-refractivity contribution in [3.8, 4) is 0 Å². The predicted octanol–water partition coefficient (Wildman–Crippen LogP) is 2.55. The first-order valence-corrected chi connectivity index (χ1v) is 5.24. The van der Waals surface area contributed by atoms with Gasteiger partial charge in [0.1, 0.15) is 11.4 Å². The van der Waals surface area contributed by atoms with E-state index in [0.29, 0.717) is 16.9 Å². The summed E-state index contributed by atoms with van der Waals surface area (Å²) in [5, 5.41) is 2.51. The van der Waals surface area contributed by atoms with E-state index in [1.165, 1.54) is 6.20 Å². The van der Waals surface area contributed by atoms with Crippen molar-refractivity contribution in [1.29, 1.82) is 0 Å². The van der Waals surface area contributed by atoms with E-state index in [-0.39, 0.29) is 0 Å². The maximum atomic E-state index is 11.5. The molecule has 17 heavy (non-hydrogen) atoms. The summed E-state index contributed by atoms with van der Waals surface area (Å²) in [4.78, 5) is 26.2. The van der Waals surface area contributed by atoms with Crippen molar-refractivity contribution >= 4 is 18.2 Å². The molecule has 92 valence electrons. The monoisotopic (exact) mass is 236 g/mol. The fourth-order valence-electron chi connectivity index (χ4n) is 1.20. The van der Waals surface area contributed by atoms with Crippen molar-refractivity contribution in [3.63, 3.8) is 0 Å². The standard InChI is InChI=1S/C12H16N2O3/c1-8-9(7-15)5-6-13-10(8)14-11(16)17-12(2,3)4/h5-7H,1-4H3,(H,13,14,16). The lowest BCUT2D eigenvalue weighted by Crippen LogP contribution is -2.27. The van der Waals surface area contributed by atoms with Crippen molar-refractivity contribution in [1.82, 2.24) is 4.98 Å². The second-order valence-corrected chi connectivity index (χ2v) is 4.62. The van der Waals surface area contributed by atoms with Crippen LogP contribution in [0, 0.1) is 6.92 Å². The molecule has 0 atom stereocenters. The molecule has 0 radical (unpaired) electrons. The highest BCUT2D eigenvalue weighted by Crippen LogP contribution is 2.15. The van der Waals surface area contributed by atoms with Crippen molar-refractivity contribution in [2.45, 2.75) is 33.3 Å². The molecule has 0 fully saturated rings. The quantitative estimate of drug-likeness (QED) is 0.801. The molecule has 0 aromatic carbocycles. The second-order valence-electron chi connectivity index (χ2n) is 4.62. The Labute approximate surface area is 100 Å². The van der Waals surface area contributed by atoms with Crippen molar-refractivity contribution in [2.75, 3.05) is 5.32 Å². The van der Waals surface area contributed by atoms with Gasteiger partial charge >= 0.3 is 6.09 Å². The van der Waals surface area contributed by atoms with Crippen LogP contribution in [0.1, 0.15) is 36.7 Å². The minimum absolute atomic E-state index is 0.337. The predicted molar refractivity (Wildman–Crippen MR) is 64.2 cm³/mol. The van der Waals surface area contributed by atoms with Crippen LogP contribution >= 0.6 is 0 Å². The summed E-state index contributed by atoms with van der Waals surface area (Å²) < 4.78 is 5.09. The summed E-state index contributed by atoms with van der Waals surface area (Å²) in [7, 11) is 0. The molecule has 1 aromatic heterocycles. The molecular weight excluding hydrogens is 220 g/mol. The van der Waals surface area contributed by atoms with E-state index in [4.69, 9.17) is 4.74 Å². The zero-order chi connectivity index (χ0) is 13.1. The Morgan fingerprint density at radius 2 is 2.12 bits per heavy atom. The molecule has 0 aliphatic rings. The summed E-state index contributed by atoms with van der Waals surface area (Å²) >= 11 is 0. The lowest BCUT2D eigenvalue weighted by molar-refractivity contribution is 0.0635. The molecule has 0 spiro atoms. The number of aromatic nitrogens is 1. The molecule has 1 aromatic rings. The highest BCUT2D eigenvalue weighted by molar-refractivity contribution is 5.87. The van der Waals surface area contributed by atoms with Crippen LogP contribution in [0.4, 0.5) is 10.6 Å². The van der Waals surface area contributed by atoms with Gasteiger partial charge < -0.3 is 4.74 Å². The highest BCUT2D eigenvalue weighted by atomic mass is 16.6. The normalized spacial score (nSPS) is 10.8. The third kappa shape index (κ3) is 3.86. The number of nitrogens with one attached hydrogen (secondary N) is 1. The largest absolute Gasteiger partial charge is 0.444 e. The summed E-state index contributed by atoms with van der Waals surface area (Å²) in [5.74, 6) is 0.337. The summed E-state index contributed by atoms with van der Waals surface area (Å²) in [6.45, 7) is 7.03. The van der Waals surface area contributed by atoms with Crippen molar-refractivity contribution in [3.05, 3.63) is 23.4 Å². The minimum atomic E-state index is -0.587. The van der Waals surface area contributed by atoms with E-state index >= 15 is 0 Å². The number of nitrogens with zero attached hydrogens (tertiary/aromatic N) is 1. The lowest BCUT2D eigenvalue weighted by atomic mass is 10.1. The fourth-order valence-corrected chi connectivity index (χ4v) is 1.20. The summed E-state index contributed by atoms with van der Waals surface area (Å²) in [6, 6.07) is 1.59. The average molecular weight is 236 g/mol. The molecule has 0 aliphatic carbocycles. The van der Waals surface area contributed by atoms with E-state index in [1.54, 1.807) is 33.8 Å². The number of rotatable bonds is 2. The van der Waals surface area contributed by atoms with E-state index in [2.05, 4.69) is 10.3 Å². The summed E-state index contributed by atoms with van der Waals surface area (Å²) in [5.41, 5.74) is 0.541. The molecule has 1 amide bonds. The Bertz CT molecular complexity index is 436. The molecule has 0 aliphatic heterocycles. The fraction of sp³-hybridized carbons (Fsp3) is 0.417. The zero-order valence-electron chi connectivity index (χ0n) is 10.4. The molecule has 0 bridgehead atoms. The van der Waals surface area contributed by atoms with Crippen LogP contribution in [0.5, 0.6) is 0 Å². The van der Waals surface area contributed by atoms with Crippen molar-refractivity contribution < 1.29 is 14.3 Å². The number of pyridine rings is 1. The first-order chi connectivity index (χ1) is 7.83. The van der Waals surface area contributed by atoms with Gasteiger partial charge in [-0.3, -0.25) is 10.1 Å².